The topological polar surface area (TPSA) is 85.5 Å². The first kappa shape index (κ1) is 22.0. The third kappa shape index (κ3) is 7.01. The van der Waals surface area contributed by atoms with E-state index in [4.69, 9.17) is 9.47 Å². The molecule has 8 heteroatoms. The Balaban J connectivity index is 1.72. The molecule has 0 unspecified atom stereocenters. The molecule has 0 radical (unpaired) electrons. The predicted octanol–water partition coefficient (Wildman–Crippen LogP) is -2.37. The monoisotopic (exact) mass is 394 g/mol. The number of methoxy groups -OCH3 is 2. The van der Waals surface area contributed by atoms with Crippen LogP contribution in [0.1, 0.15) is 19.4 Å². The normalized spacial score (nSPS) is 19.2. The fraction of sp³-hybridized carbons (Fsp3) is 0.600. The van der Waals surface area contributed by atoms with Crippen molar-refractivity contribution in [2.75, 3.05) is 53.5 Å². The zero-order valence-corrected chi connectivity index (χ0v) is 17.4. The summed E-state index contributed by atoms with van der Waals surface area (Å²) in [5.74, 6) is 1.27. The molecule has 1 aliphatic heterocycles. The van der Waals surface area contributed by atoms with Crippen LogP contribution in [0.4, 0.5) is 0 Å². The highest BCUT2D eigenvalue weighted by Crippen LogP contribution is 2.27. The van der Waals surface area contributed by atoms with Crippen molar-refractivity contribution in [1.82, 2.24) is 10.6 Å². The number of rotatable bonds is 9. The second-order valence-corrected chi connectivity index (χ2v) is 7.54. The van der Waals surface area contributed by atoms with Crippen molar-refractivity contribution in [2.24, 2.45) is 0 Å². The van der Waals surface area contributed by atoms with E-state index in [0.717, 1.165) is 44.2 Å². The average molecular weight is 395 g/mol. The van der Waals surface area contributed by atoms with Crippen LogP contribution in [0.25, 0.3) is 0 Å². The van der Waals surface area contributed by atoms with Gasteiger partial charge in [-0.3, -0.25) is 9.59 Å². The van der Waals surface area contributed by atoms with Crippen molar-refractivity contribution >= 4 is 11.8 Å². The third-order valence-corrected chi connectivity index (χ3v) is 4.87. The molecule has 8 nitrogen and oxygen atoms in total. The number of amides is 2. The Morgan fingerprint density at radius 2 is 1.64 bits per heavy atom. The lowest BCUT2D eigenvalue weighted by molar-refractivity contribution is -1.02. The maximum atomic E-state index is 12.1. The lowest BCUT2D eigenvalue weighted by atomic mass is 10.1. The molecule has 1 saturated heterocycles. The van der Waals surface area contributed by atoms with Crippen molar-refractivity contribution < 1.29 is 28.9 Å². The van der Waals surface area contributed by atoms with Crippen molar-refractivity contribution in [3.63, 3.8) is 0 Å². The summed E-state index contributed by atoms with van der Waals surface area (Å²) in [7, 11) is 3.28. The molecule has 2 amide bonds. The van der Waals surface area contributed by atoms with Gasteiger partial charge in [0.15, 0.2) is 18.0 Å². The van der Waals surface area contributed by atoms with Gasteiger partial charge in [0.2, 0.25) is 5.91 Å². The Kier molecular flexibility index (Phi) is 8.53. The maximum Gasteiger partial charge on any atom is 0.275 e. The molecule has 156 valence electrons. The molecule has 1 fully saturated rings. The molecule has 1 heterocycles. The van der Waals surface area contributed by atoms with Crippen LogP contribution < -0.4 is 29.9 Å². The summed E-state index contributed by atoms with van der Waals surface area (Å²) in [4.78, 5) is 26.4. The number of hydrogen-bond acceptors (Lipinski definition) is 4. The molecule has 4 N–H and O–H groups in total. The molecule has 1 aliphatic rings. The Labute approximate surface area is 167 Å². The van der Waals surface area contributed by atoms with E-state index >= 15 is 0 Å². The summed E-state index contributed by atoms with van der Waals surface area (Å²) in [5.41, 5.74) is 1.21. The van der Waals surface area contributed by atoms with Gasteiger partial charge in [0.25, 0.3) is 5.91 Å². The van der Waals surface area contributed by atoms with Crippen LogP contribution >= 0.6 is 0 Å². The van der Waals surface area contributed by atoms with Crippen molar-refractivity contribution in [2.45, 2.75) is 26.4 Å². The maximum absolute atomic E-state index is 12.1. The number of quaternary nitrogens is 2. The number of ether oxygens (including phenoxy) is 2. The highest BCUT2D eigenvalue weighted by atomic mass is 16.5. The summed E-state index contributed by atoms with van der Waals surface area (Å²) in [6, 6.07) is 6.12. The van der Waals surface area contributed by atoms with E-state index in [0.29, 0.717) is 6.54 Å². The number of nitrogens with one attached hydrogen (secondary N) is 4. The SMILES string of the molecule is COc1ccc(C[NH+]2CC[NH+](CC(=O)NCC(=O)NC(C)C)CC2)cc1OC. The van der Waals surface area contributed by atoms with Gasteiger partial charge in [0.1, 0.15) is 32.7 Å². The highest BCUT2D eigenvalue weighted by molar-refractivity contribution is 5.85. The van der Waals surface area contributed by atoms with Crippen molar-refractivity contribution in [3.05, 3.63) is 23.8 Å². The first-order valence-electron chi connectivity index (χ1n) is 9.85. The van der Waals surface area contributed by atoms with Crippen LogP contribution in [0.3, 0.4) is 0 Å². The second kappa shape index (κ2) is 10.9. The van der Waals surface area contributed by atoms with E-state index in [2.05, 4.69) is 16.7 Å². The molecular formula is C20H34N4O4+2. The number of hydrogen-bond donors (Lipinski definition) is 4. The quantitative estimate of drug-likeness (QED) is 0.377. The first-order chi connectivity index (χ1) is 13.4. The van der Waals surface area contributed by atoms with Gasteiger partial charge in [-0.05, 0) is 32.0 Å². The lowest BCUT2D eigenvalue weighted by Crippen LogP contribution is -3.28. The lowest BCUT2D eigenvalue weighted by Gasteiger charge is -2.29. The van der Waals surface area contributed by atoms with Gasteiger partial charge in [-0.2, -0.15) is 0 Å². The van der Waals surface area contributed by atoms with Crippen molar-refractivity contribution in [3.8, 4) is 11.5 Å². The molecule has 28 heavy (non-hydrogen) atoms. The summed E-state index contributed by atoms with van der Waals surface area (Å²) in [5, 5.41) is 5.47. The Bertz CT molecular complexity index is 658. The summed E-state index contributed by atoms with van der Waals surface area (Å²) >= 11 is 0. The van der Waals surface area contributed by atoms with E-state index in [1.807, 2.05) is 26.0 Å². The molecule has 1 aromatic carbocycles. The molecular weight excluding hydrogens is 360 g/mol. The molecule has 0 aliphatic carbocycles. The Hall–Kier alpha value is -2.32. The Morgan fingerprint density at radius 1 is 1.00 bits per heavy atom. The summed E-state index contributed by atoms with van der Waals surface area (Å²) in [6.45, 7) is 9.06. The standard InChI is InChI=1S/C20H32N4O4/c1-15(2)22-19(25)12-21-20(26)14-24-9-7-23(8-10-24)13-16-5-6-17(27-3)18(11-16)28-4/h5-6,11,15H,7-10,12-14H2,1-4H3,(H,21,26)(H,22,25)/p+2. The van der Waals surface area contributed by atoms with Gasteiger partial charge in [0.05, 0.1) is 20.8 Å². The minimum absolute atomic E-state index is 0.0426. The van der Waals surface area contributed by atoms with Gasteiger partial charge in [-0.25, -0.2) is 0 Å². The summed E-state index contributed by atoms with van der Waals surface area (Å²) in [6.07, 6.45) is 0. The minimum atomic E-state index is -0.150. The van der Waals surface area contributed by atoms with Crippen LogP contribution in [-0.2, 0) is 16.1 Å². The zero-order valence-electron chi connectivity index (χ0n) is 17.4. The highest BCUT2D eigenvalue weighted by Gasteiger charge is 2.25. The smallest absolute Gasteiger partial charge is 0.275 e. The molecule has 0 bridgehead atoms. The minimum Gasteiger partial charge on any atom is -0.493 e. The molecule has 0 aromatic heterocycles. The number of carbonyl (C=O) groups is 2. The third-order valence-electron chi connectivity index (χ3n) is 4.87. The zero-order chi connectivity index (χ0) is 20.5. The van der Waals surface area contributed by atoms with E-state index < -0.39 is 0 Å². The molecule has 1 aromatic rings. The van der Waals surface area contributed by atoms with Crippen LogP contribution in [0, 0.1) is 0 Å². The molecule has 0 saturated carbocycles. The van der Waals surface area contributed by atoms with Gasteiger partial charge in [0, 0.05) is 11.6 Å². The fourth-order valence-corrected chi connectivity index (χ4v) is 3.43. The van der Waals surface area contributed by atoms with E-state index in [9.17, 15) is 9.59 Å². The van der Waals surface area contributed by atoms with Crippen LogP contribution in [0.15, 0.2) is 18.2 Å². The van der Waals surface area contributed by atoms with E-state index in [-0.39, 0.29) is 24.4 Å². The number of carbonyl (C=O) groups excluding carboxylic acids is 2. The van der Waals surface area contributed by atoms with Gasteiger partial charge >= 0.3 is 0 Å². The van der Waals surface area contributed by atoms with Crippen LogP contribution in [-0.4, -0.2) is 71.3 Å². The largest absolute Gasteiger partial charge is 0.493 e. The molecule has 2 rings (SSSR count). The fourth-order valence-electron chi connectivity index (χ4n) is 3.43. The number of benzene rings is 1. The van der Waals surface area contributed by atoms with Crippen LogP contribution in [0.5, 0.6) is 11.5 Å². The van der Waals surface area contributed by atoms with Crippen LogP contribution in [0.2, 0.25) is 0 Å². The van der Waals surface area contributed by atoms with Gasteiger partial charge < -0.3 is 29.9 Å². The predicted molar refractivity (Wildman–Crippen MR) is 106 cm³/mol. The van der Waals surface area contributed by atoms with Gasteiger partial charge in [-0.15, -0.1) is 0 Å². The van der Waals surface area contributed by atoms with Gasteiger partial charge in [-0.1, -0.05) is 0 Å². The number of piperazine rings is 1. The summed E-state index contributed by atoms with van der Waals surface area (Å²) < 4.78 is 10.7. The Morgan fingerprint density at radius 3 is 2.25 bits per heavy atom. The first-order valence-corrected chi connectivity index (χ1v) is 9.85. The van der Waals surface area contributed by atoms with Crippen molar-refractivity contribution in [1.29, 1.82) is 0 Å². The average Bonchev–Trinajstić information content (AvgIpc) is 2.67. The van der Waals surface area contributed by atoms with E-state index in [1.54, 1.807) is 14.2 Å². The molecule has 0 atom stereocenters. The van der Waals surface area contributed by atoms with E-state index in [1.165, 1.54) is 15.4 Å². The second-order valence-electron chi connectivity index (χ2n) is 7.54. The molecule has 0 spiro atoms.